The lowest BCUT2D eigenvalue weighted by atomic mass is 10.0. The molecule has 0 saturated carbocycles. The Hall–Kier alpha value is -2.08. The Morgan fingerprint density at radius 2 is 1.00 bits per heavy atom. The molecule has 0 aromatic carbocycles. The number of allylic oxidation sites excluding steroid dienone is 12. The Bertz CT molecular complexity index is 358. The predicted octanol–water partition coefficient (Wildman–Crippen LogP) is 5.48. The Kier molecular flexibility index (Phi) is 10.1. The third kappa shape index (κ3) is 8.12. The number of hydrogen-bond acceptors (Lipinski definition) is 0. The van der Waals surface area contributed by atoms with E-state index < -0.39 is 0 Å². The second-order valence-corrected chi connectivity index (χ2v) is 3.64. The van der Waals surface area contributed by atoms with Gasteiger partial charge in [0.2, 0.25) is 0 Å². The predicted molar refractivity (Wildman–Crippen MR) is 84.5 cm³/mol. The van der Waals surface area contributed by atoms with E-state index in [1.54, 1.807) is 24.3 Å². The van der Waals surface area contributed by atoms with E-state index in [0.29, 0.717) is 0 Å². The largest absolute Gasteiger partial charge is 0.0991 e. The van der Waals surface area contributed by atoms with Gasteiger partial charge in [-0.15, -0.1) is 0 Å². The highest BCUT2D eigenvalue weighted by molar-refractivity contribution is 5.30. The minimum absolute atomic E-state index is 0.956. The van der Waals surface area contributed by atoms with Gasteiger partial charge in [-0.25, -0.2) is 0 Å². The summed E-state index contributed by atoms with van der Waals surface area (Å²) in [6.07, 6.45) is 21.1. The van der Waals surface area contributed by atoms with Crippen molar-refractivity contribution in [1.82, 2.24) is 0 Å². The van der Waals surface area contributed by atoms with Crippen molar-refractivity contribution in [1.29, 1.82) is 0 Å². The molecule has 0 aliphatic heterocycles. The first-order valence-electron chi connectivity index (χ1n) is 5.99. The van der Waals surface area contributed by atoms with Gasteiger partial charge in [-0.2, -0.15) is 0 Å². The van der Waals surface area contributed by atoms with E-state index in [1.165, 1.54) is 11.1 Å². The van der Waals surface area contributed by atoms with Crippen molar-refractivity contribution in [2.45, 2.75) is 12.8 Å². The first kappa shape index (κ1) is 15.9. The van der Waals surface area contributed by atoms with E-state index in [2.05, 4.69) is 38.5 Å². The zero-order valence-electron chi connectivity index (χ0n) is 11.0. The molecule has 0 unspecified atom stereocenters. The highest BCUT2D eigenvalue weighted by atomic mass is 14.0. The first-order valence-corrected chi connectivity index (χ1v) is 5.99. The van der Waals surface area contributed by atoms with Crippen molar-refractivity contribution >= 4 is 0 Å². The molecule has 0 aliphatic rings. The molecule has 0 radical (unpaired) electrons. The lowest BCUT2D eigenvalue weighted by Crippen LogP contribution is -1.83. The van der Waals surface area contributed by atoms with Gasteiger partial charge in [0.25, 0.3) is 0 Å². The van der Waals surface area contributed by atoms with Gasteiger partial charge in [0.1, 0.15) is 0 Å². The molecule has 0 aliphatic carbocycles. The van der Waals surface area contributed by atoms with Crippen LogP contribution in [0.4, 0.5) is 0 Å². The molecular formula is C18H22. The van der Waals surface area contributed by atoms with Crippen molar-refractivity contribution in [3.8, 4) is 0 Å². The van der Waals surface area contributed by atoms with Crippen LogP contribution >= 0.6 is 0 Å². The Labute approximate surface area is 111 Å². The molecule has 0 N–H and O–H groups in total. The zero-order chi connectivity index (χ0) is 13.6. The van der Waals surface area contributed by atoms with Crippen molar-refractivity contribution < 1.29 is 0 Å². The van der Waals surface area contributed by atoms with Gasteiger partial charge >= 0.3 is 0 Å². The maximum atomic E-state index is 3.73. The van der Waals surface area contributed by atoms with Crippen molar-refractivity contribution in [2.75, 3.05) is 0 Å². The molecule has 0 aromatic rings. The molecule has 0 aromatic heterocycles. The fourth-order valence-electron chi connectivity index (χ4n) is 1.42. The van der Waals surface area contributed by atoms with Crippen molar-refractivity contribution in [3.05, 3.63) is 98.2 Å². The van der Waals surface area contributed by atoms with Crippen LogP contribution in [0.25, 0.3) is 0 Å². The summed E-state index contributed by atoms with van der Waals surface area (Å²) in [5, 5.41) is 0. The summed E-state index contributed by atoms with van der Waals surface area (Å²) in [7, 11) is 0. The molecule has 0 amide bonds. The fourth-order valence-corrected chi connectivity index (χ4v) is 1.42. The van der Waals surface area contributed by atoms with Gasteiger partial charge < -0.3 is 0 Å². The SMILES string of the molecule is C=C/C=C\C(=C/C=C)CCC(/C=C\C=C)=C/C=C. The van der Waals surface area contributed by atoms with Crippen LogP contribution in [0.3, 0.4) is 0 Å². The minimum atomic E-state index is 0.956. The van der Waals surface area contributed by atoms with Crippen LogP contribution in [0, 0.1) is 0 Å². The normalized spacial score (nSPS) is 12.9. The third-order valence-corrected chi connectivity index (χ3v) is 2.26. The summed E-state index contributed by atoms with van der Waals surface area (Å²) < 4.78 is 0. The van der Waals surface area contributed by atoms with E-state index in [1.807, 2.05) is 24.3 Å². The molecule has 0 heterocycles. The molecule has 0 heteroatoms. The molecule has 0 saturated heterocycles. The Morgan fingerprint density at radius 1 is 0.611 bits per heavy atom. The standard InChI is InChI=1S/C18H22/c1-5-9-13-17(11-7-3)15-16-18(12-8-4)14-10-6-2/h5-14H,1-4,15-16H2/b13-9-,14-10-,17-11+,18-12+. The summed E-state index contributed by atoms with van der Waals surface area (Å²) in [5.41, 5.74) is 2.46. The topological polar surface area (TPSA) is 0 Å². The van der Waals surface area contributed by atoms with Gasteiger partial charge in [-0.05, 0) is 24.0 Å². The smallest absolute Gasteiger partial charge is 0.0238 e. The van der Waals surface area contributed by atoms with E-state index in [9.17, 15) is 0 Å². The summed E-state index contributed by atoms with van der Waals surface area (Å²) >= 11 is 0. The van der Waals surface area contributed by atoms with E-state index in [0.717, 1.165) is 12.8 Å². The van der Waals surface area contributed by atoms with Crippen LogP contribution in [0.1, 0.15) is 12.8 Å². The van der Waals surface area contributed by atoms with Gasteiger partial charge in [-0.3, -0.25) is 0 Å². The van der Waals surface area contributed by atoms with E-state index in [-0.39, 0.29) is 0 Å². The van der Waals surface area contributed by atoms with Crippen LogP contribution in [0.2, 0.25) is 0 Å². The monoisotopic (exact) mass is 238 g/mol. The lowest BCUT2D eigenvalue weighted by molar-refractivity contribution is 0.970. The van der Waals surface area contributed by atoms with Crippen LogP contribution in [-0.2, 0) is 0 Å². The van der Waals surface area contributed by atoms with Gasteiger partial charge in [0.05, 0.1) is 0 Å². The fraction of sp³-hybridized carbons (Fsp3) is 0.111. The molecule has 0 bridgehead atoms. The second kappa shape index (κ2) is 11.4. The molecule has 0 rings (SSSR count). The highest BCUT2D eigenvalue weighted by Gasteiger charge is 1.95. The molecule has 0 spiro atoms. The summed E-state index contributed by atoms with van der Waals surface area (Å²) in [6.45, 7) is 14.8. The lowest BCUT2D eigenvalue weighted by Gasteiger charge is -2.03. The van der Waals surface area contributed by atoms with Gasteiger partial charge in [-0.1, -0.05) is 87.1 Å². The summed E-state index contributed by atoms with van der Waals surface area (Å²) in [4.78, 5) is 0. The maximum Gasteiger partial charge on any atom is -0.0238 e. The van der Waals surface area contributed by atoms with Crippen molar-refractivity contribution in [3.63, 3.8) is 0 Å². The molecule has 0 fully saturated rings. The summed E-state index contributed by atoms with van der Waals surface area (Å²) in [6, 6.07) is 0. The van der Waals surface area contributed by atoms with Gasteiger partial charge in [0.15, 0.2) is 0 Å². The average molecular weight is 238 g/mol. The zero-order valence-corrected chi connectivity index (χ0v) is 11.0. The van der Waals surface area contributed by atoms with E-state index >= 15 is 0 Å². The third-order valence-electron chi connectivity index (χ3n) is 2.26. The van der Waals surface area contributed by atoms with Crippen LogP contribution in [-0.4, -0.2) is 0 Å². The minimum Gasteiger partial charge on any atom is -0.0991 e. The Balaban J connectivity index is 4.65. The van der Waals surface area contributed by atoms with E-state index in [4.69, 9.17) is 0 Å². The first-order chi connectivity index (χ1) is 8.78. The molecule has 0 atom stereocenters. The van der Waals surface area contributed by atoms with Gasteiger partial charge in [0, 0.05) is 0 Å². The van der Waals surface area contributed by atoms with Crippen molar-refractivity contribution in [2.24, 2.45) is 0 Å². The highest BCUT2D eigenvalue weighted by Crippen LogP contribution is 2.14. The van der Waals surface area contributed by atoms with Crippen LogP contribution in [0.15, 0.2) is 98.2 Å². The number of rotatable bonds is 9. The van der Waals surface area contributed by atoms with Crippen LogP contribution in [0.5, 0.6) is 0 Å². The second-order valence-electron chi connectivity index (χ2n) is 3.64. The van der Waals surface area contributed by atoms with Crippen LogP contribution < -0.4 is 0 Å². The molecule has 0 nitrogen and oxygen atoms in total. The maximum absolute atomic E-state index is 3.73. The summed E-state index contributed by atoms with van der Waals surface area (Å²) in [5.74, 6) is 0. The molecule has 94 valence electrons. The quantitative estimate of drug-likeness (QED) is 0.467. The molecular weight excluding hydrogens is 216 g/mol. The number of hydrogen-bond donors (Lipinski definition) is 0. The Morgan fingerprint density at radius 3 is 1.28 bits per heavy atom. The average Bonchev–Trinajstić information content (AvgIpc) is 2.38. The molecule has 18 heavy (non-hydrogen) atoms.